The number of nitrogens with zero attached hydrogens (tertiary/aromatic N) is 1. The van der Waals surface area contributed by atoms with E-state index in [4.69, 9.17) is 5.73 Å². The third-order valence-corrected chi connectivity index (χ3v) is 2.19. The molecule has 1 unspecified atom stereocenters. The lowest BCUT2D eigenvalue weighted by Gasteiger charge is -2.20. The van der Waals surface area contributed by atoms with Crippen LogP contribution in [0.25, 0.3) is 0 Å². The molecule has 0 radical (unpaired) electrons. The van der Waals surface area contributed by atoms with Crippen LogP contribution in [0.1, 0.15) is 27.2 Å². The zero-order valence-corrected chi connectivity index (χ0v) is 8.50. The van der Waals surface area contributed by atoms with E-state index in [1.807, 2.05) is 0 Å². The molecular formula is C9H20N2O. The van der Waals surface area contributed by atoms with Gasteiger partial charge in [-0.3, -0.25) is 4.79 Å². The second-order valence-corrected chi connectivity index (χ2v) is 3.64. The van der Waals surface area contributed by atoms with E-state index in [1.54, 1.807) is 18.9 Å². The quantitative estimate of drug-likeness (QED) is 0.683. The highest BCUT2D eigenvalue weighted by Crippen LogP contribution is 2.03. The van der Waals surface area contributed by atoms with Gasteiger partial charge in [-0.25, -0.2) is 0 Å². The number of hydrogen-bond donors (Lipinski definition) is 1. The predicted molar refractivity (Wildman–Crippen MR) is 50.7 cm³/mol. The van der Waals surface area contributed by atoms with Gasteiger partial charge in [0.05, 0.1) is 0 Å². The molecule has 0 saturated heterocycles. The van der Waals surface area contributed by atoms with Crippen LogP contribution in [0, 0.1) is 5.92 Å². The molecule has 0 saturated carbocycles. The molecular weight excluding hydrogens is 152 g/mol. The molecule has 0 aliphatic carbocycles. The number of rotatable bonds is 4. The highest BCUT2D eigenvalue weighted by Gasteiger charge is 2.09. The van der Waals surface area contributed by atoms with Gasteiger partial charge in [-0.1, -0.05) is 13.8 Å². The summed E-state index contributed by atoms with van der Waals surface area (Å²) in [5, 5.41) is 0. The lowest BCUT2D eigenvalue weighted by molar-refractivity contribution is -0.127. The van der Waals surface area contributed by atoms with Crippen molar-refractivity contribution in [3.05, 3.63) is 0 Å². The van der Waals surface area contributed by atoms with Crippen LogP contribution >= 0.6 is 0 Å². The standard InChI is InChI=1S/C9H20N2O/c1-7(2)9(10)5-6-11(4)8(3)12/h7,9H,5-6,10H2,1-4H3. The Balaban J connectivity index is 3.61. The molecule has 72 valence electrons. The molecule has 12 heavy (non-hydrogen) atoms. The lowest BCUT2D eigenvalue weighted by atomic mass is 10.0. The minimum Gasteiger partial charge on any atom is -0.346 e. The molecule has 0 rings (SSSR count). The fourth-order valence-corrected chi connectivity index (χ4v) is 0.834. The van der Waals surface area contributed by atoms with Gasteiger partial charge >= 0.3 is 0 Å². The smallest absolute Gasteiger partial charge is 0.219 e. The zero-order chi connectivity index (χ0) is 9.72. The summed E-state index contributed by atoms with van der Waals surface area (Å²) in [4.78, 5) is 12.5. The Hall–Kier alpha value is -0.570. The van der Waals surface area contributed by atoms with Crippen molar-refractivity contribution in [3.63, 3.8) is 0 Å². The summed E-state index contributed by atoms with van der Waals surface area (Å²) in [7, 11) is 1.80. The van der Waals surface area contributed by atoms with E-state index in [9.17, 15) is 4.79 Å². The summed E-state index contributed by atoms with van der Waals surface area (Å²) in [6, 6.07) is 0.201. The molecule has 0 aliphatic rings. The van der Waals surface area contributed by atoms with Crippen molar-refractivity contribution in [2.75, 3.05) is 13.6 Å². The van der Waals surface area contributed by atoms with Gasteiger partial charge in [0.25, 0.3) is 0 Å². The largest absolute Gasteiger partial charge is 0.346 e. The Morgan fingerprint density at radius 3 is 2.33 bits per heavy atom. The first kappa shape index (κ1) is 11.4. The molecule has 3 nitrogen and oxygen atoms in total. The van der Waals surface area contributed by atoms with Crippen LogP contribution in [0.5, 0.6) is 0 Å². The molecule has 1 amide bonds. The summed E-state index contributed by atoms with van der Waals surface area (Å²) in [6.45, 7) is 6.52. The summed E-state index contributed by atoms with van der Waals surface area (Å²) < 4.78 is 0. The first-order chi connectivity index (χ1) is 5.45. The molecule has 0 aromatic heterocycles. The van der Waals surface area contributed by atoms with Crippen LogP contribution in [0.15, 0.2) is 0 Å². The molecule has 0 fully saturated rings. The summed E-state index contributed by atoms with van der Waals surface area (Å²) >= 11 is 0. The van der Waals surface area contributed by atoms with E-state index in [0.717, 1.165) is 13.0 Å². The number of hydrogen-bond acceptors (Lipinski definition) is 2. The van der Waals surface area contributed by atoms with Crippen molar-refractivity contribution in [1.29, 1.82) is 0 Å². The second-order valence-electron chi connectivity index (χ2n) is 3.64. The van der Waals surface area contributed by atoms with Crippen LogP contribution in [0.3, 0.4) is 0 Å². The Labute approximate surface area is 74.9 Å². The van der Waals surface area contributed by atoms with E-state index in [2.05, 4.69) is 13.8 Å². The van der Waals surface area contributed by atoms with Crippen molar-refractivity contribution in [3.8, 4) is 0 Å². The first-order valence-corrected chi connectivity index (χ1v) is 4.42. The first-order valence-electron chi connectivity index (χ1n) is 4.42. The fourth-order valence-electron chi connectivity index (χ4n) is 0.834. The third kappa shape index (κ3) is 4.34. The van der Waals surface area contributed by atoms with E-state index >= 15 is 0 Å². The molecule has 1 atom stereocenters. The zero-order valence-electron chi connectivity index (χ0n) is 8.50. The van der Waals surface area contributed by atoms with Crippen LogP contribution in [-0.4, -0.2) is 30.4 Å². The highest BCUT2D eigenvalue weighted by molar-refractivity contribution is 5.72. The predicted octanol–water partition coefficient (Wildman–Crippen LogP) is 0.838. The Bertz CT molecular complexity index is 145. The van der Waals surface area contributed by atoms with Gasteiger partial charge in [0.2, 0.25) is 5.91 Å². The summed E-state index contributed by atoms with van der Waals surface area (Å²) in [5.74, 6) is 0.594. The fraction of sp³-hybridized carbons (Fsp3) is 0.889. The maximum Gasteiger partial charge on any atom is 0.219 e. The average Bonchev–Trinajstić information content (AvgIpc) is 1.98. The molecule has 0 aromatic rings. The van der Waals surface area contributed by atoms with Gasteiger partial charge < -0.3 is 10.6 Å². The minimum absolute atomic E-state index is 0.103. The monoisotopic (exact) mass is 172 g/mol. The highest BCUT2D eigenvalue weighted by atomic mass is 16.2. The molecule has 3 heteroatoms. The van der Waals surface area contributed by atoms with E-state index < -0.39 is 0 Å². The third-order valence-electron chi connectivity index (χ3n) is 2.19. The molecule has 0 aliphatic heterocycles. The van der Waals surface area contributed by atoms with Gasteiger partial charge in [-0.05, 0) is 12.3 Å². The van der Waals surface area contributed by atoms with Crippen molar-refractivity contribution >= 4 is 5.91 Å². The van der Waals surface area contributed by atoms with Gasteiger partial charge in [0.1, 0.15) is 0 Å². The van der Waals surface area contributed by atoms with Crippen molar-refractivity contribution in [2.24, 2.45) is 11.7 Å². The topological polar surface area (TPSA) is 46.3 Å². The van der Waals surface area contributed by atoms with Crippen molar-refractivity contribution < 1.29 is 4.79 Å². The van der Waals surface area contributed by atoms with Gasteiger partial charge in [0.15, 0.2) is 0 Å². The molecule has 2 N–H and O–H groups in total. The Morgan fingerprint density at radius 2 is 2.00 bits per heavy atom. The minimum atomic E-state index is 0.103. The maximum atomic E-state index is 10.8. The van der Waals surface area contributed by atoms with Crippen molar-refractivity contribution in [2.45, 2.75) is 33.2 Å². The average molecular weight is 172 g/mol. The van der Waals surface area contributed by atoms with Gasteiger partial charge in [-0.15, -0.1) is 0 Å². The summed E-state index contributed by atoms with van der Waals surface area (Å²) in [5.41, 5.74) is 5.83. The van der Waals surface area contributed by atoms with Gasteiger partial charge in [0, 0.05) is 26.6 Å². The normalized spacial score (nSPS) is 13.2. The van der Waals surface area contributed by atoms with Crippen LogP contribution in [0.4, 0.5) is 0 Å². The molecule has 0 aromatic carbocycles. The molecule has 0 bridgehead atoms. The van der Waals surface area contributed by atoms with Crippen molar-refractivity contribution in [1.82, 2.24) is 4.90 Å². The van der Waals surface area contributed by atoms with Crippen LogP contribution in [0.2, 0.25) is 0 Å². The van der Waals surface area contributed by atoms with Crippen LogP contribution in [-0.2, 0) is 4.79 Å². The second kappa shape index (κ2) is 5.14. The number of carbonyl (C=O) groups excluding carboxylic acids is 1. The number of carbonyl (C=O) groups is 1. The Kier molecular flexibility index (Phi) is 4.90. The lowest BCUT2D eigenvalue weighted by Crippen LogP contribution is -2.33. The van der Waals surface area contributed by atoms with E-state index in [0.29, 0.717) is 5.92 Å². The molecule has 0 spiro atoms. The van der Waals surface area contributed by atoms with Crippen LogP contribution < -0.4 is 5.73 Å². The van der Waals surface area contributed by atoms with E-state index in [-0.39, 0.29) is 11.9 Å². The maximum absolute atomic E-state index is 10.8. The number of amides is 1. The molecule has 0 heterocycles. The summed E-state index contributed by atoms with van der Waals surface area (Å²) in [6.07, 6.45) is 0.883. The number of nitrogens with two attached hydrogens (primary N) is 1. The Morgan fingerprint density at radius 1 is 1.50 bits per heavy atom. The SMILES string of the molecule is CC(=O)N(C)CCC(N)C(C)C. The van der Waals surface area contributed by atoms with Gasteiger partial charge in [-0.2, -0.15) is 0 Å². The van der Waals surface area contributed by atoms with E-state index in [1.165, 1.54) is 0 Å².